The number of carboxylic acids is 1. The highest BCUT2D eigenvalue weighted by atomic mass is 16.6. The molecule has 39 heavy (non-hydrogen) atoms. The summed E-state index contributed by atoms with van der Waals surface area (Å²) in [5, 5.41) is 11.6. The zero-order valence-electron chi connectivity index (χ0n) is 22.2. The number of aliphatic carboxylic acids is 1. The summed E-state index contributed by atoms with van der Waals surface area (Å²) in [6.45, 7) is 1.24. The van der Waals surface area contributed by atoms with Gasteiger partial charge in [-0.05, 0) is 41.0 Å². The van der Waals surface area contributed by atoms with E-state index >= 15 is 0 Å². The fourth-order valence-corrected chi connectivity index (χ4v) is 4.14. The van der Waals surface area contributed by atoms with E-state index in [2.05, 4.69) is 5.32 Å². The standard InChI is InChI=1S/C30H33NO8/c1-21(32)31-19-27(39-29(35)18-17-28(33)34)20-38-30(22-7-5-4-6-8-22,23-9-13-25(36-2)14-10-23)24-11-15-26(37-3)16-12-24/h4-16,27H,17-20H2,1-3H3,(H,31,32)(H,33,34). The summed E-state index contributed by atoms with van der Waals surface area (Å²) < 4.78 is 23.0. The lowest BCUT2D eigenvalue weighted by molar-refractivity contribution is -0.157. The Balaban J connectivity index is 2.07. The number of carbonyl (C=O) groups is 3. The van der Waals surface area contributed by atoms with Gasteiger partial charge in [0.2, 0.25) is 5.91 Å². The number of hydrogen-bond acceptors (Lipinski definition) is 7. The Kier molecular flexibility index (Phi) is 10.5. The molecule has 0 spiro atoms. The lowest BCUT2D eigenvalue weighted by Gasteiger charge is -2.37. The molecule has 0 radical (unpaired) electrons. The summed E-state index contributed by atoms with van der Waals surface area (Å²) >= 11 is 0. The molecule has 0 heterocycles. The van der Waals surface area contributed by atoms with Crippen LogP contribution >= 0.6 is 0 Å². The molecule has 0 bridgehead atoms. The van der Waals surface area contributed by atoms with Crippen molar-refractivity contribution in [3.63, 3.8) is 0 Å². The van der Waals surface area contributed by atoms with Gasteiger partial charge < -0.3 is 29.4 Å². The molecule has 0 aromatic heterocycles. The lowest BCUT2D eigenvalue weighted by atomic mass is 9.80. The van der Waals surface area contributed by atoms with Crippen molar-refractivity contribution in [1.82, 2.24) is 5.32 Å². The fourth-order valence-electron chi connectivity index (χ4n) is 4.14. The number of methoxy groups -OCH3 is 2. The molecule has 2 N–H and O–H groups in total. The van der Waals surface area contributed by atoms with E-state index in [0.29, 0.717) is 11.5 Å². The molecule has 1 atom stereocenters. The van der Waals surface area contributed by atoms with Gasteiger partial charge in [0.15, 0.2) is 0 Å². The first kappa shape index (κ1) is 29.2. The average molecular weight is 536 g/mol. The molecule has 0 aliphatic rings. The first-order valence-corrected chi connectivity index (χ1v) is 12.4. The van der Waals surface area contributed by atoms with Crippen molar-refractivity contribution in [3.05, 3.63) is 95.6 Å². The first-order chi connectivity index (χ1) is 18.8. The molecule has 206 valence electrons. The molecule has 0 aliphatic heterocycles. The second-order valence-corrected chi connectivity index (χ2v) is 8.76. The summed E-state index contributed by atoms with van der Waals surface area (Å²) in [7, 11) is 3.18. The highest BCUT2D eigenvalue weighted by Crippen LogP contribution is 2.41. The predicted molar refractivity (Wildman–Crippen MR) is 144 cm³/mol. The van der Waals surface area contributed by atoms with Crippen LogP contribution < -0.4 is 14.8 Å². The molecular weight excluding hydrogens is 502 g/mol. The molecule has 1 amide bonds. The lowest BCUT2D eigenvalue weighted by Crippen LogP contribution is -2.41. The number of carboxylic acid groups (broad SMARTS) is 1. The summed E-state index contributed by atoms with van der Waals surface area (Å²) in [4.78, 5) is 35.0. The van der Waals surface area contributed by atoms with Crippen molar-refractivity contribution in [2.24, 2.45) is 0 Å². The quantitative estimate of drug-likeness (QED) is 0.235. The number of rotatable bonds is 14. The van der Waals surface area contributed by atoms with E-state index in [1.165, 1.54) is 6.92 Å². The minimum Gasteiger partial charge on any atom is -0.497 e. The molecule has 3 rings (SSSR count). The second kappa shape index (κ2) is 14.0. The Labute approximate surface area is 227 Å². The van der Waals surface area contributed by atoms with Crippen LogP contribution in [0.2, 0.25) is 0 Å². The smallest absolute Gasteiger partial charge is 0.306 e. The van der Waals surface area contributed by atoms with E-state index in [1.54, 1.807) is 14.2 Å². The van der Waals surface area contributed by atoms with Crippen LogP contribution in [0, 0.1) is 0 Å². The van der Waals surface area contributed by atoms with E-state index in [-0.39, 0.29) is 31.9 Å². The normalized spacial score (nSPS) is 11.8. The van der Waals surface area contributed by atoms with Gasteiger partial charge in [-0.25, -0.2) is 0 Å². The van der Waals surface area contributed by atoms with Crippen LogP contribution in [-0.4, -0.2) is 56.4 Å². The van der Waals surface area contributed by atoms with Crippen molar-refractivity contribution in [2.45, 2.75) is 31.5 Å². The number of carbonyl (C=O) groups excluding carboxylic acids is 2. The van der Waals surface area contributed by atoms with Crippen LogP contribution in [-0.2, 0) is 29.5 Å². The molecule has 3 aromatic carbocycles. The van der Waals surface area contributed by atoms with Gasteiger partial charge in [-0.3, -0.25) is 14.4 Å². The van der Waals surface area contributed by atoms with E-state index in [0.717, 1.165) is 16.7 Å². The first-order valence-electron chi connectivity index (χ1n) is 12.4. The van der Waals surface area contributed by atoms with Crippen molar-refractivity contribution < 1.29 is 38.4 Å². The number of ether oxygens (including phenoxy) is 4. The van der Waals surface area contributed by atoms with Crippen molar-refractivity contribution in [1.29, 1.82) is 0 Å². The Morgan fingerprint density at radius 1 is 0.795 bits per heavy atom. The second-order valence-electron chi connectivity index (χ2n) is 8.76. The van der Waals surface area contributed by atoms with Gasteiger partial charge in [0.1, 0.15) is 23.2 Å². The maximum atomic E-state index is 12.4. The molecule has 0 saturated heterocycles. The zero-order chi connectivity index (χ0) is 28.3. The van der Waals surface area contributed by atoms with Crippen molar-refractivity contribution in [3.8, 4) is 11.5 Å². The summed E-state index contributed by atoms with van der Waals surface area (Å²) in [5.74, 6) is -0.766. The van der Waals surface area contributed by atoms with Crippen LogP contribution in [0.4, 0.5) is 0 Å². The molecule has 0 aliphatic carbocycles. The fraction of sp³-hybridized carbons (Fsp3) is 0.300. The Morgan fingerprint density at radius 2 is 1.31 bits per heavy atom. The predicted octanol–water partition coefficient (Wildman–Crippen LogP) is 3.93. The minimum atomic E-state index is -1.15. The topological polar surface area (TPSA) is 120 Å². The van der Waals surface area contributed by atoms with Crippen LogP contribution in [0.1, 0.15) is 36.5 Å². The molecule has 0 fully saturated rings. The monoisotopic (exact) mass is 535 g/mol. The van der Waals surface area contributed by atoms with Gasteiger partial charge >= 0.3 is 11.9 Å². The van der Waals surface area contributed by atoms with Crippen LogP contribution in [0.15, 0.2) is 78.9 Å². The van der Waals surface area contributed by atoms with E-state index in [4.69, 9.17) is 24.1 Å². The van der Waals surface area contributed by atoms with E-state index < -0.39 is 23.6 Å². The van der Waals surface area contributed by atoms with Gasteiger partial charge in [-0.2, -0.15) is 0 Å². The molecular formula is C30H33NO8. The number of hydrogen-bond donors (Lipinski definition) is 2. The third-order valence-electron chi connectivity index (χ3n) is 6.08. The van der Waals surface area contributed by atoms with Crippen LogP contribution in [0.25, 0.3) is 0 Å². The van der Waals surface area contributed by atoms with Gasteiger partial charge in [0.25, 0.3) is 0 Å². The number of benzene rings is 3. The largest absolute Gasteiger partial charge is 0.497 e. The average Bonchev–Trinajstić information content (AvgIpc) is 2.96. The zero-order valence-corrected chi connectivity index (χ0v) is 22.2. The van der Waals surface area contributed by atoms with Crippen LogP contribution in [0.3, 0.4) is 0 Å². The van der Waals surface area contributed by atoms with Crippen molar-refractivity contribution >= 4 is 17.8 Å². The summed E-state index contributed by atoms with van der Waals surface area (Å²) in [5.41, 5.74) is 1.24. The SMILES string of the molecule is COc1ccc(C(OCC(CNC(C)=O)OC(=O)CCC(=O)O)(c2ccccc2)c2ccc(OC)cc2)cc1. The summed E-state index contributed by atoms with van der Waals surface area (Å²) in [6.07, 6.45) is -1.54. The summed E-state index contributed by atoms with van der Waals surface area (Å²) in [6, 6.07) is 24.5. The molecule has 9 heteroatoms. The maximum absolute atomic E-state index is 12.4. The molecule has 1 unspecified atom stereocenters. The minimum absolute atomic E-state index is 0.00968. The van der Waals surface area contributed by atoms with E-state index in [1.807, 2.05) is 78.9 Å². The molecule has 0 saturated carbocycles. The number of nitrogens with one attached hydrogen (secondary N) is 1. The highest BCUT2D eigenvalue weighted by Gasteiger charge is 2.39. The third-order valence-corrected chi connectivity index (χ3v) is 6.08. The number of esters is 1. The van der Waals surface area contributed by atoms with E-state index in [9.17, 15) is 14.4 Å². The van der Waals surface area contributed by atoms with Crippen molar-refractivity contribution in [2.75, 3.05) is 27.4 Å². The highest BCUT2D eigenvalue weighted by molar-refractivity contribution is 5.76. The van der Waals surface area contributed by atoms with Crippen LogP contribution in [0.5, 0.6) is 11.5 Å². The van der Waals surface area contributed by atoms with Gasteiger partial charge in [0, 0.05) is 6.92 Å². The Morgan fingerprint density at radius 3 is 1.77 bits per heavy atom. The third kappa shape index (κ3) is 7.81. The Bertz CT molecular complexity index is 1180. The maximum Gasteiger partial charge on any atom is 0.306 e. The van der Waals surface area contributed by atoms with Gasteiger partial charge in [-0.1, -0.05) is 54.6 Å². The molecule has 3 aromatic rings. The Hall–Kier alpha value is -4.37. The molecule has 9 nitrogen and oxygen atoms in total. The van der Waals surface area contributed by atoms with Gasteiger partial charge in [-0.15, -0.1) is 0 Å². The van der Waals surface area contributed by atoms with Gasteiger partial charge in [0.05, 0.1) is 40.2 Å². The number of amides is 1.